The van der Waals surface area contributed by atoms with Gasteiger partial charge in [-0.2, -0.15) is 5.10 Å². The number of hydrogen-bond acceptors (Lipinski definition) is 4. The number of nitrogens with zero attached hydrogens (tertiary/aromatic N) is 2. The van der Waals surface area contributed by atoms with Gasteiger partial charge in [0.05, 0.1) is 22.3 Å². The van der Waals surface area contributed by atoms with Gasteiger partial charge < -0.3 is 10.8 Å². The molecular weight excluding hydrogens is 242 g/mol. The number of rotatable bonds is 3. The van der Waals surface area contributed by atoms with E-state index in [1.54, 1.807) is 30.6 Å². The lowest BCUT2D eigenvalue weighted by atomic mass is 9.89. The fourth-order valence-corrected chi connectivity index (χ4v) is 1.98. The Morgan fingerprint density at radius 2 is 1.95 bits per heavy atom. The molecule has 5 nitrogen and oxygen atoms in total. The van der Waals surface area contributed by atoms with Gasteiger partial charge in [0.15, 0.2) is 5.78 Å². The lowest BCUT2D eigenvalue weighted by Crippen LogP contribution is -2.36. The Bertz CT molecular complexity index is 630. The third-order valence-corrected chi connectivity index (χ3v) is 2.93. The van der Waals surface area contributed by atoms with E-state index in [-0.39, 0.29) is 5.78 Å². The summed E-state index contributed by atoms with van der Waals surface area (Å²) in [6, 6.07) is 5.44. The first-order valence-corrected chi connectivity index (χ1v) is 6.16. The van der Waals surface area contributed by atoms with E-state index in [0.29, 0.717) is 16.8 Å². The molecule has 0 aliphatic heterocycles. The maximum absolute atomic E-state index is 12.4. The first-order valence-electron chi connectivity index (χ1n) is 6.16. The number of ketones is 1. The molecule has 5 heteroatoms. The van der Waals surface area contributed by atoms with E-state index in [2.05, 4.69) is 5.10 Å². The average Bonchev–Trinajstić information content (AvgIpc) is 2.65. The Labute approximate surface area is 112 Å². The van der Waals surface area contributed by atoms with Gasteiger partial charge in [-0.1, -0.05) is 6.07 Å². The summed E-state index contributed by atoms with van der Waals surface area (Å²) in [6.07, 6.45) is 1.76. The predicted octanol–water partition coefficient (Wildman–Crippen LogP) is 1.48. The molecule has 19 heavy (non-hydrogen) atoms. The second-order valence-electron chi connectivity index (χ2n) is 5.86. The molecule has 0 aromatic carbocycles. The molecule has 0 aliphatic carbocycles. The highest BCUT2D eigenvalue weighted by atomic mass is 16.3. The minimum absolute atomic E-state index is 0.373. The zero-order valence-electron chi connectivity index (χ0n) is 11.6. The summed E-state index contributed by atoms with van der Waals surface area (Å²) < 4.78 is 1.61. The maximum Gasteiger partial charge on any atom is 0.197 e. The summed E-state index contributed by atoms with van der Waals surface area (Å²) in [5.41, 5.74) is 5.41. The Balaban J connectivity index is 2.79. The van der Waals surface area contributed by atoms with Gasteiger partial charge in [0.25, 0.3) is 0 Å². The van der Waals surface area contributed by atoms with Crippen LogP contribution in [0, 0.1) is 0 Å². The van der Waals surface area contributed by atoms with E-state index in [1.807, 2.05) is 12.1 Å². The highest BCUT2D eigenvalue weighted by Crippen LogP contribution is 2.27. The van der Waals surface area contributed by atoms with Gasteiger partial charge in [-0.3, -0.25) is 4.79 Å². The van der Waals surface area contributed by atoms with Gasteiger partial charge in [-0.05, 0) is 39.8 Å². The number of aliphatic hydroxyl groups is 1. The van der Waals surface area contributed by atoms with Crippen LogP contribution in [-0.2, 0) is 5.54 Å². The highest BCUT2D eigenvalue weighted by Gasteiger charge is 2.34. The topological polar surface area (TPSA) is 80.6 Å². The average molecular weight is 261 g/mol. The molecule has 2 rings (SSSR count). The van der Waals surface area contributed by atoms with Crippen LogP contribution >= 0.6 is 0 Å². The fourth-order valence-electron chi connectivity index (χ4n) is 1.98. The fraction of sp³-hybridized carbons (Fsp3) is 0.429. The smallest absolute Gasteiger partial charge is 0.197 e. The van der Waals surface area contributed by atoms with Crippen molar-refractivity contribution in [2.24, 2.45) is 5.73 Å². The molecule has 0 unspecified atom stereocenters. The van der Waals surface area contributed by atoms with Crippen molar-refractivity contribution in [3.63, 3.8) is 0 Å². The van der Waals surface area contributed by atoms with Crippen molar-refractivity contribution in [1.82, 2.24) is 9.61 Å². The molecular formula is C14H19N3O2. The van der Waals surface area contributed by atoms with E-state index in [4.69, 9.17) is 5.73 Å². The van der Waals surface area contributed by atoms with Crippen LogP contribution in [0.15, 0.2) is 24.4 Å². The van der Waals surface area contributed by atoms with Gasteiger partial charge in [0, 0.05) is 6.20 Å². The molecule has 0 bridgehead atoms. The van der Waals surface area contributed by atoms with Crippen molar-refractivity contribution in [3.8, 4) is 0 Å². The largest absolute Gasteiger partial charge is 0.382 e. The van der Waals surface area contributed by atoms with Crippen LogP contribution in [-0.4, -0.2) is 26.1 Å². The van der Waals surface area contributed by atoms with Gasteiger partial charge in [-0.15, -0.1) is 0 Å². The van der Waals surface area contributed by atoms with Crippen LogP contribution in [0.4, 0.5) is 0 Å². The minimum atomic E-state index is -1.46. The van der Waals surface area contributed by atoms with E-state index < -0.39 is 11.1 Å². The Hall–Kier alpha value is -1.72. The van der Waals surface area contributed by atoms with Crippen molar-refractivity contribution in [1.29, 1.82) is 0 Å². The van der Waals surface area contributed by atoms with E-state index in [1.165, 1.54) is 13.8 Å². The molecule has 0 atom stereocenters. The molecule has 2 aromatic heterocycles. The van der Waals surface area contributed by atoms with Crippen molar-refractivity contribution in [3.05, 3.63) is 35.7 Å². The van der Waals surface area contributed by atoms with Crippen molar-refractivity contribution in [2.75, 3.05) is 0 Å². The summed E-state index contributed by atoms with van der Waals surface area (Å²) in [5, 5.41) is 14.4. The number of pyridine rings is 1. The molecule has 102 valence electrons. The lowest BCUT2D eigenvalue weighted by molar-refractivity contribution is 0.0487. The van der Waals surface area contributed by atoms with E-state index in [0.717, 1.165) is 0 Å². The second kappa shape index (κ2) is 4.15. The van der Waals surface area contributed by atoms with E-state index >= 15 is 0 Å². The van der Waals surface area contributed by atoms with Crippen LogP contribution < -0.4 is 5.73 Å². The monoisotopic (exact) mass is 261 g/mol. The Kier molecular flexibility index (Phi) is 2.99. The number of Topliss-reactive ketones (excluding diaryl/α,β-unsaturated/α-hetero) is 1. The molecule has 0 amide bonds. The summed E-state index contributed by atoms with van der Waals surface area (Å²) >= 11 is 0. The molecule has 0 aliphatic rings. The van der Waals surface area contributed by atoms with Crippen molar-refractivity contribution >= 4 is 11.3 Å². The molecule has 0 fully saturated rings. The van der Waals surface area contributed by atoms with Crippen LogP contribution in [0.1, 0.15) is 43.7 Å². The minimum Gasteiger partial charge on any atom is -0.382 e. The van der Waals surface area contributed by atoms with Gasteiger partial charge in [-0.25, -0.2) is 4.52 Å². The number of fused-ring (bicyclic) bond motifs is 1. The van der Waals surface area contributed by atoms with Gasteiger partial charge in [0.1, 0.15) is 5.60 Å². The summed E-state index contributed by atoms with van der Waals surface area (Å²) in [5.74, 6) is -0.373. The SMILES string of the molecule is CC(C)(O)C(=O)c1c(C(C)(C)N)nn2ccccc12. The standard InChI is InChI=1S/C14H19N3O2/c1-13(2,15)11-10(12(18)14(3,4)19)9-7-5-6-8-17(9)16-11/h5-8,19H,15H2,1-4H3. The Morgan fingerprint density at radius 3 is 2.47 bits per heavy atom. The lowest BCUT2D eigenvalue weighted by Gasteiger charge is -2.20. The summed E-state index contributed by atoms with van der Waals surface area (Å²) in [6.45, 7) is 6.51. The number of hydrogen-bond donors (Lipinski definition) is 2. The third-order valence-electron chi connectivity index (χ3n) is 2.93. The zero-order chi connectivity index (χ0) is 14.4. The van der Waals surface area contributed by atoms with E-state index in [9.17, 15) is 9.90 Å². The first-order chi connectivity index (χ1) is 8.62. The molecule has 0 saturated carbocycles. The maximum atomic E-state index is 12.4. The quantitative estimate of drug-likeness (QED) is 0.820. The molecule has 0 saturated heterocycles. The molecule has 0 spiro atoms. The number of aromatic nitrogens is 2. The Morgan fingerprint density at radius 1 is 1.32 bits per heavy atom. The molecule has 0 radical (unpaired) electrons. The van der Waals surface area contributed by atoms with Crippen molar-refractivity contribution < 1.29 is 9.90 Å². The zero-order valence-corrected chi connectivity index (χ0v) is 11.6. The second-order valence-corrected chi connectivity index (χ2v) is 5.86. The highest BCUT2D eigenvalue weighted by molar-refractivity contribution is 6.08. The van der Waals surface area contributed by atoms with Crippen LogP contribution in [0.25, 0.3) is 5.52 Å². The van der Waals surface area contributed by atoms with Crippen LogP contribution in [0.2, 0.25) is 0 Å². The third kappa shape index (κ3) is 2.39. The first kappa shape index (κ1) is 13.7. The normalized spacial score (nSPS) is 12.9. The van der Waals surface area contributed by atoms with Gasteiger partial charge in [0.2, 0.25) is 0 Å². The number of carbonyl (C=O) groups excluding carboxylic acids is 1. The number of carbonyl (C=O) groups is 1. The van der Waals surface area contributed by atoms with Gasteiger partial charge >= 0.3 is 0 Å². The van der Waals surface area contributed by atoms with Crippen LogP contribution in [0.5, 0.6) is 0 Å². The molecule has 2 heterocycles. The molecule has 3 N–H and O–H groups in total. The predicted molar refractivity (Wildman–Crippen MR) is 73.0 cm³/mol. The molecule has 2 aromatic rings. The van der Waals surface area contributed by atoms with Crippen LogP contribution in [0.3, 0.4) is 0 Å². The number of nitrogens with two attached hydrogens (primary N) is 1. The van der Waals surface area contributed by atoms with Crippen molar-refractivity contribution in [2.45, 2.75) is 38.8 Å². The summed E-state index contributed by atoms with van der Waals surface area (Å²) in [4.78, 5) is 12.4. The summed E-state index contributed by atoms with van der Waals surface area (Å²) in [7, 11) is 0.